The highest BCUT2D eigenvalue weighted by molar-refractivity contribution is 5.91. The molecule has 0 amide bonds. The maximum atomic E-state index is 12.4. The summed E-state index contributed by atoms with van der Waals surface area (Å²) in [4.78, 5) is 0. The summed E-state index contributed by atoms with van der Waals surface area (Å²) in [6, 6.07) is 18.3. The second-order valence-electron chi connectivity index (χ2n) is 5.83. The normalized spacial score (nSPS) is 16.7. The Labute approximate surface area is 136 Å². The van der Waals surface area contributed by atoms with Crippen LogP contribution in [0.15, 0.2) is 60.7 Å². The third kappa shape index (κ3) is 2.77. The molecule has 1 aliphatic rings. The molecule has 122 valence electrons. The zero-order chi connectivity index (χ0) is 16.7. The van der Waals surface area contributed by atoms with Crippen LogP contribution in [0.25, 0.3) is 10.8 Å². The van der Waals surface area contributed by atoms with Crippen molar-refractivity contribution in [1.82, 2.24) is 0 Å². The fraction of sp³-hybridized carbons (Fsp3) is 0.158. The zero-order valence-corrected chi connectivity index (χ0v) is 12.6. The first kappa shape index (κ1) is 14.9. The van der Waals surface area contributed by atoms with Crippen LogP contribution in [0.1, 0.15) is 17.2 Å². The van der Waals surface area contributed by atoms with Crippen molar-refractivity contribution in [3.05, 3.63) is 71.8 Å². The summed E-state index contributed by atoms with van der Waals surface area (Å²) in [6.07, 6.45) is -3.95. The van der Waals surface area contributed by atoms with Gasteiger partial charge in [0.05, 0.1) is 6.04 Å². The van der Waals surface area contributed by atoms with Crippen LogP contribution in [0, 0.1) is 0 Å². The van der Waals surface area contributed by atoms with Gasteiger partial charge in [0.15, 0.2) is 0 Å². The molecule has 24 heavy (non-hydrogen) atoms. The van der Waals surface area contributed by atoms with E-state index in [4.69, 9.17) is 0 Å². The van der Waals surface area contributed by atoms with Gasteiger partial charge >= 0.3 is 6.36 Å². The second-order valence-corrected chi connectivity index (χ2v) is 5.83. The Balaban J connectivity index is 1.65. The van der Waals surface area contributed by atoms with Crippen LogP contribution >= 0.6 is 0 Å². The van der Waals surface area contributed by atoms with Crippen molar-refractivity contribution in [3.63, 3.8) is 0 Å². The van der Waals surface area contributed by atoms with E-state index in [0.717, 1.165) is 23.1 Å². The van der Waals surface area contributed by atoms with Gasteiger partial charge < -0.3 is 10.1 Å². The molecule has 1 aliphatic heterocycles. The molecule has 0 saturated carbocycles. The van der Waals surface area contributed by atoms with Crippen molar-refractivity contribution in [2.75, 3.05) is 5.32 Å². The molecule has 5 heteroatoms. The van der Waals surface area contributed by atoms with Gasteiger partial charge in [-0.25, -0.2) is 0 Å². The number of nitrogens with one attached hydrogen (secondary N) is 1. The lowest BCUT2D eigenvalue weighted by Gasteiger charge is -2.14. The fourth-order valence-electron chi connectivity index (χ4n) is 3.26. The Kier molecular flexibility index (Phi) is 3.37. The lowest BCUT2D eigenvalue weighted by atomic mass is 9.98. The summed E-state index contributed by atoms with van der Waals surface area (Å²) in [6.45, 7) is 0. The Hall–Kier alpha value is -2.69. The van der Waals surface area contributed by atoms with Crippen molar-refractivity contribution in [1.29, 1.82) is 0 Å². The standard InChI is InChI=1S/C19H14F3NO/c20-19(21,22)24-14-6-3-5-13(10-14)18-11-16-15-7-2-1-4-12(15)8-9-17(16)23-18/h1-10,18,23H,11H2. The van der Waals surface area contributed by atoms with Crippen LogP contribution in [0.4, 0.5) is 18.9 Å². The number of hydrogen-bond acceptors (Lipinski definition) is 2. The molecule has 0 radical (unpaired) electrons. The maximum absolute atomic E-state index is 12.4. The van der Waals surface area contributed by atoms with Crippen molar-refractivity contribution in [2.45, 2.75) is 18.8 Å². The molecule has 0 fully saturated rings. The quantitative estimate of drug-likeness (QED) is 0.675. The second kappa shape index (κ2) is 5.44. The van der Waals surface area contributed by atoms with E-state index >= 15 is 0 Å². The molecular weight excluding hydrogens is 315 g/mol. The number of anilines is 1. The summed E-state index contributed by atoms with van der Waals surface area (Å²) < 4.78 is 41.2. The number of halogens is 3. The summed E-state index contributed by atoms with van der Waals surface area (Å²) in [5, 5.41) is 5.73. The molecule has 1 heterocycles. The van der Waals surface area contributed by atoms with Gasteiger partial charge in [-0.2, -0.15) is 0 Å². The van der Waals surface area contributed by atoms with E-state index in [2.05, 4.69) is 22.2 Å². The molecule has 2 nitrogen and oxygen atoms in total. The van der Waals surface area contributed by atoms with Crippen molar-refractivity contribution < 1.29 is 17.9 Å². The van der Waals surface area contributed by atoms with Crippen LogP contribution in [0.3, 0.4) is 0 Å². The SMILES string of the molecule is FC(F)(F)Oc1cccc(C2Cc3c(ccc4ccccc34)N2)c1. The summed E-state index contributed by atoms with van der Waals surface area (Å²) >= 11 is 0. The number of ether oxygens (including phenoxy) is 1. The highest BCUT2D eigenvalue weighted by atomic mass is 19.4. The smallest absolute Gasteiger partial charge is 0.406 e. The summed E-state index contributed by atoms with van der Waals surface area (Å²) in [5.41, 5.74) is 3.00. The minimum Gasteiger partial charge on any atom is -0.406 e. The van der Waals surface area contributed by atoms with Crippen LogP contribution in [0.5, 0.6) is 5.75 Å². The van der Waals surface area contributed by atoms with Crippen LogP contribution in [-0.4, -0.2) is 6.36 Å². The van der Waals surface area contributed by atoms with E-state index in [0.29, 0.717) is 0 Å². The number of alkyl halides is 3. The molecule has 0 aliphatic carbocycles. The van der Waals surface area contributed by atoms with Gasteiger partial charge in [0.25, 0.3) is 0 Å². The molecule has 1 unspecified atom stereocenters. The minimum absolute atomic E-state index is 0.0670. The number of hydrogen-bond donors (Lipinski definition) is 1. The van der Waals surface area contributed by atoms with E-state index in [-0.39, 0.29) is 11.8 Å². The number of fused-ring (bicyclic) bond motifs is 3. The third-order valence-corrected chi connectivity index (χ3v) is 4.27. The van der Waals surface area contributed by atoms with Crippen molar-refractivity contribution in [2.24, 2.45) is 0 Å². The van der Waals surface area contributed by atoms with Crippen LogP contribution < -0.4 is 10.1 Å². The Morgan fingerprint density at radius 2 is 1.79 bits per heavy atom. The van der Waals surface area contributed by atoms with E-state index in [1.165, 1.54) is 23.1 Å². The third-order valence-electron chi connectivity index (χ3n) is 4.27. The zero-order valence-electron chi connectivity index (χ0n) is 12.6. The van der Waals surface area contributed by atoms with Gasteiger partial charge in [0.2, 0.25) is 0 Å². The number of rotatable bonds is 2. The Bertz CT molecular complexity index is 904. The predicted octanol–water partition coefficient (Wildman–Crippen LogP) is 5.45. The molecule has 0 saturated heterocycles. The first-order valence-electron chi connectivity index (χ1n) is 7.62. The number of benzene rings is 3. The van der Waals surface area contributed by atoms with Crippen LogP contribution in [-0.2, 0) is 6.42 Å². The van der Waals surface area contributed by atoms with Crippen LogP contribution in [0.2, 0.25) is 0 Å². The molecule has 1 atom stereocenters. The lowest BCUT2D eigenvalue weighted by Crippen LogP contribution is -2.17. The molecule has 0 spiro atoms. The van der Waals surface area contributed by atoms with Crippen molar-refractivity contribution in [3.8, 4) is 5.75 Å². The molecule has 3 aromatic carbocycles. The Morgan fingerprint density at radius 1 is 0.958 bits per heavy atom. The largest absolute Gasteiger partial charge is 0.573 e. The van der Waals surface area contributed by atoms with E-state index < -0.39 is 6.36 Å². The molecule has 0 aromatic heterocycles. The van der Waals surface area contributed by atoms with Gasteiger partial charge in [-0.15, -0.1) is 13.2 Å². The van der Waals surface area contributed by atoms with Gasteiger partial charge in [0, 0.05) is 5.69 Å². The first-order chi connectivity index (χ1) is 11.5. The highest BCUT2D eigenvalue weighted by Gasteiger charge is 2.31. The lowest BCUT2D eigenvalue weighted by molar-refractivity contribution is -0.274. The first-order valence-corrected chi connectivity index (χ1v) is 7.62. The van der Waals surface area contributed by atoms with Gasteiger partial charge in [0.1, 0.15) is 5.75 Å². The summed E-state index contributed by atoms with van der Waals surface area (Å²) in [5.74, 6) is -0.192. The monoisotopic (exact) mass is 329 g/mol. The molecular formula is C19H14F3NO. The molecule has 3 aromatic rings. The summed E-state index contributed by atoms with van der Waals surface area (Å²) in [7, 11) is 0. The maximum Gasteiger partial charge on any atom is 0.573 e. The molecule has 4 rings (SSSR count). The molecule has 0 bridgehead atoms. The Morgan fingerprint density at radius 3 is 2.62 bits per heavy atom. The van der Waals surface area contributed by atoms with Crippen molar-refractivity contribution >= 4 is 16.5 Å². The van der Waals surface area contributed by atoms with E-state index in [1.807, 2.05) is 30.3 Å². The molecule has 1 N–H and O–H groups in total. The highest BCUT2D eigenvalue weighted by Crippen LogP contribution is 2.39. The van der Waals surface area contributed by atoms with Gasteiger partial charge in [-0.1, -0.05) is 42.5 Å². The van der Waals surface area contributed by atoms with E-state index in [9.17, 15) is 13.2 Å². The fourth-order valence-corrected chi connectivity index (χ4v) is 3.26. The van der Waals surface area contributed by atoms with E-state index in [1.54, 1.807) is 6.07 Å². The average molecular weight is 329 g/mol. The minimum atomic E-state index is -4.68. The van der Waals surface area contributed by atoms with Gasteiger partial charge in [-0.3, -0.25) is 0 Å². The van der Waals surface area contributed by atoms with Gasteiger partial charge in [-0.05, 0) is 46.5 Å². The average Bonchev–Trinajstić information content (AvgIpc) is 2.98. The predicted molar refractivity (Wildman–Crippen MR) is 87.1 cm³/mol. The topological polar surface area (TPSA) is 21.3 Å².